The number of carbonyl (C=O) groups excluding carboxylic acids is 1. The summed E-state index contributed by atoms with van der Waals surface area (Å²) in [7, 11) is 1.61. The summed E-state index contributed by atoms with van der Waals surface area (Å²) in [5, 5.41) is 4.92. The molecule has 0 unspecified atom stereocenters. The Hall–Kier alpha value is -2.27. The Kier molecular flexibility index (Phi) is 4.15. The molecule has 1 aromatic heterocycles. The highest BCUT2D eigenvalue weighted by molar-refractivity contribution is 7.10. The molecule has 1 aliphatic rings. The summed E-state index contributed by atoms with van der Waals surface area (Å²) < 4.78 is 11.0. The Morgan fingerprint density at radius 2 is 2.27 bits per heavy atom. The number of thiophene rings is 1. The predicted octanol–water partition coefficient (Wildman–Crippen LogP) is 3.80. The zero-order chi connectivity index (χ0) is 15.5. The van der Waals surface area contributed by atoms with Gasteiger partial charge < -0.3 is 14.8 Å². The summed E-state index contributed by atoms with van der Waals surface area (Å²) in [5.74, 6) is 1.45. The first-order valence-corrected chi connectivity index (χ1v) is 7.89. The number of rotatable bonds is 5. The van der Waals surface area contributed by atoms with Crippen LogP contribution in [0.4, 0.5) is 5.69 Å². The lowest BCUT2D eigenvalue weighted by Gasteiger charge is -2.23. The number of fused-ring (bicyclic) bond motifs is 1. The van der Waals surface area contributed by atoms with E-state index in [1.54, 1.807) is 24.5 Å². The van der Waals surface area contributed by atoms with Crippen LogP contribution in [0.1, 0.15) is 22.8 Å². The molecule has 2 heterocycles. The Balaban J connectivity index is 1.98. The van der Waals surface area contributed by atoms with Crippen molar-refractivity contribution >= 4 is 22.9 Å². The molecule has 0 bridgehead atoms. The predicted molar refractivity (Wildman–Crippen MR) is 88.1 cm³/mol. The Morgan fingerprint density at radius 1 is 1.41 bits per heavy atom. The fourth-order valence-corrected chi connectivity index (χ4v) is 3.59. The minimum absolute atomic E-state index is 0.0419. The van der Waals surface area contributed by atoms with Crippen LogP contribution in [0.2, 0.25) is 0 Å². The number of anilines is 1. The van der Waals surface area contributed by atoms with E-state index in [9.17, 15) is 4.79 Å². The standard InChI is InChI=1S/C17H17NO3S/c1-3-7-21-15-9-11(4-5-14(15)20-2)12-10-16(19)18-13-6-8-22-17(12)13/h3-6,8-9,12H,1,7,10H2,2H3,(H,18,19)/t12-/m1/s1. The van der Waals surface area contributed by atoms with Gasteiger partial charge in [0.25, 0.3) is 0 Å². The number of carbonyl (C=O) groups is 1. The number of nitrogens with one attached hydrogen (secondary N) is 1. The molecule has 0 aliphatic carbocycles. The van der Waals surface area contributed by atoms with E-state index in [0.29, 0.717) is 24.5 Å². The second-order valence-electron chi connectivity index (χ2n) is 5.01. The van der Waals surface area contributed by atoms with Crippen LogP contribution >= 0.6 is 11.3 Å². The van der Waals surface area contributed by atoms with Crippen molar-refractivity contribution in [2.24, 2.45) is 0 Å². The van der Waals surface area contributed by atoms with Crippen LogP contribution in [0.3, 0.4) is 0 Å². The lowest BCUT2D eigenvalue weighted by Crippen LogP contribution is -2.22. The molecule has 5 heteroatoms. The molecule has 4 nitrogen and oxygen atoms in total. The lowest BCUT2D eigenvalue weighted by atomic mass is 9.90. The van der Waals surface area contributed by atoms with Crippen molar-refractivity contribution in [3.05, 3.63) is 52.7 Å². The van der Waals surface area contributed by atoms with Gasteiger partial charge in [-0.3, -0.25) is 4.79 Å². The quantitative estimate of drug-likeness (QED) is 0.854. The normalized spacial score (nSPS) is 16.6. The van der Waals surface area contributed by atoms with Crippen LogP contribution < -0.4 is 14.8 Å². The average molecular weight is 315 g/mol. The molecule has 0 radical (unpaired) electrons. The van der Waals surface area contributed by atoms with Gasteiger partial charge in [0.05, 0.1) is 12.8 Å². The Bertz CT molecular complexity index is 708. The van der Waals surface area contributed by atoms with Crippen LogP contribution in [0.25, 0.3) is 0 Å². The molecule has 1 atom stereocenters. The molecule has 22 heavy (non-hydrogen) atoms. The molecule has 1 aliphatic heterocycles. The summed E-state index contributed by atoms with van der Waals surface area (Å²) in [5.41, 5.74) is 1.97. The molecule has 0 saturated carbocycles. The van der Waals surface area contributed by atoms with Crippen molar-refractivity contribution in [1.82, 2.24) is 0 Å². The third kappa shape index (κ3) is 2.72. The number of methoxy groups -OCH3 is 1. The maximum Gasteiger partial charge on any atom is 0.225 e. The molecular weight excluding hydrogens is 298 g/mol. The first-order valence-electron chi connectivity index (χ1n) is 7.01. The summed E-state index contributed by atoms with van der Waals surface area (Å²) in [6.07, 6.45) is 2.14. The van der Waals surface area contributed by atoms with Crippen molar-refractivity contribution in [2.45, 2.75) is 12.3 Å². The highest BCUT2D eigenvalue weighted by Gasteiger charge is 2.28. The monoisotopic (exact) mass is 315 g/mol. The fourth-order valence-electron chi connectivity index (χ4n) is 2.61. The van der Waals surface area contributed by atoms with Gasteiger partial charge in [0.1, 0.15) is 6.61 Å². The third-order valence-electron chi connectivity index (χ3n) is 3.62. The van der Waals surface area contributed by atoms with Crippen LogP contribution in [0, 0.1) is 0 Å². The van der Waals surface area contributed by atoms with Gasteiger partial charge in [0, 0.05) is 17.2 Å². The number of ether oxygens (including phenoxy) is 2. The number of amides is 1. The highest BCUT2D eigenvalue weighted by Crippen LogP contribution is 2.42. The average Bonchev–Trinajstić information content (AvgIpc) is 3.00. The van der Waals surface area contributed by atoms with Gasteiger partial charge in [-0.1, -0.05) is 18.7 Å². The van der Waals surface area contributed by atoms with E-state index >= 15 is 0 Å². The van der Waals surface area contributed by atoms with Crippen LogP contribution in [-0.4, -0.2) is 19.6 Å². The zero-order valence-corrected chi connectivity index (χ0v) is 13.1. The highest BCUT2D eigenvalue weighted by atomic mass is 32.1. The van der Waals surface area contributed by atoms with Crippen molar-refractivity contribution in [3.8, 4) is 11.5 Å². The Labute approximate surface area is 133 Å². The molecule has 0 saturated heterocycles. The fraction of sp³-hybridized carbons (Fsp3) is 0.235. The van der Waals surface area contributed by atoms with Gasteiger partial charge in [-0.25, -0.2) is 0 Å². The minimum Gasteiger partial charge on any atom is -0.493 e. The topological polar surface area (TPSA) is 47.6 Å². The van der Waals surface area contributed by atoms with Crippen LogP contribution in [-0.2, 0) is 4.79 Å². The first kappa shape index (κ1) is 14.7. The maximum absolute atomic E-state index is 11.9. The van der Waals surface area contributed by atoms with Gasteiger partial charge in [0.15, 0.2) is 11.5 Å². The number of hydrogen-bond acceptors (Lipinski definition) is 4. The lowest BCUT2D eigenvalue weighted by molar-refractivity contribution is -0.116. The second-order valence-corrected chi connectivity index (χ2v) is 5.96. The zero-order valence-electron chi connectivity index (χ0n) is 12.3. The molecule has 0 spiro atoms. The molecule has 2 aromatic rings. The second kappa shape index (κ2) is 6.23. The van der Waals surface area contributed by atoms with Gasteiger partial charge in [-0.15, -0.1) is 11.3 Å². The number of hydrogen-bond donors (Lipinski definition) is 1. The van der Waals surface area contributed by atoms with E-state index in [-0.39, 0.29) is 11.8 Å². The van der Waals surface area contributed by atoms with E-state index in [2.05, 4.69) is 11.9 Å². The van der Waals surface area contributed by atoms with Gasteiger partial charge in [-0.05, 0) is 29.1 Å². The SMILES string of the molecule is C=CCOc1cc([C@H]2CC(=O)Nc3ccsc32)ccc1OC. The van der Waals surface area contributed by atoms with E-state index in [1.807, 2.05) is 29.6 Å². The third-order valence-corrected chi connectivity index (χ3v) is 4.65. The maximum atomic E-state index is 11.9. The van der Waals surface area contributed by atoms with Gasteiger partial charge in [-0.2, -0.15) is 0 Å². The van der Waals surface area contributed by atoms with Gasteiger partial charge in [0.2, 0.25) is 5.91 Å². The Morgan fingerprint density at radius 3 is 3.05 bits per heavy atom. The largest absolute Gasteiger partial charge is 0.493 e. The van der Waals surface area contributed by atoms with Crippen molar-refractivity contribution < 1.29 is 14.3 Å². The van der Waals surface area contributed by atoms with Crippen molar-refractivity contribution in [3.63, 3.8) is 0 Å². The minimum atomic E-state index is 0.0419. The molecule has 1 amide bonds. The summed E-state index contributed by atoms with van der Waals surface area (Å²) in [6.45, 7) is 4.07. The molecular formula is C17H17NO3S. The smallest absolute Gasteiger partial charge is 0.225 e. The molecule has 114 valence electrons. The molecule has 0 fully saturated rings. The number of benzene rings is 1. The summed E-state index contributed by atoms with van der Waals surface area (Å²) in [4.78, 5) is 13.1. The van der Waals surface area contributed by atoms with E-state index in [0.717, 1.165) is 11.3 Å². The molecule has 1 aromatic carbocycles. The van der Waals surface area contributed by atoms with E-state index in [4.69, 9.17) is 9.47 Å². The van der Waals surface area contributed by atoms with E-state index < -0.39 is 0 Å². The van der Waals surface area contributed by atoms with Crippen molar-refractivity contribution in [2.75, 3.05) is 19.0 Å². The summed E-state index contributed by atoms with van der Waals surface area (Å²) >= 11 is 1.66. The van der Waals surface area contributed by atoms with Crippen molar-refractivity contribution in [1.29, 1.82) is 0 Å². The van der Waals surface area contributed by atoms with E-state index in [1.165, 1.54) is 4.88 Å². The van der Waals surface area contributed by atoms with Crippen LogP contribution in [0.5, 0.6) is 11.5 Å². The molecule has 1 N–H and O–H groups in total. The van der Waals surface area contributed by atoms with Gasteiger partial charge >= 0.3 is 0 Å². The van der Waals surface area contributed by atoms with Crippen LogP contribution in [0.15, 0.2) is 42.3 Å². The molecule has 3 rings (SSSR count). The first-order chi connectivity index (χ1) is 10.7. The summed E-state index contributed by atoms with van der Waals surface area (Å²) in [6, 6.07) is 7.78.